The summed E-state index contributed by atoms with van der Waals surface area (Å²) in [5, 5.41) is 3.59. The van der Waals surface area contributed by atoms with Crippen LogP contribution in [0.5, 0.6) is 0 Å². The predicted octanol–water partition coefficient (Wildman–Crippen LogP) is 4.96. The molecule has 1 saturated carbocycles. The number of hydrogen-bond acceptors (Lipinski definition) is 3. The summed E-state index contributed by atoms with van der Waals surface area (Å²) < 4.78 is 4.93. The van der Waals surface area contributed by atoms with Gasteiger partial charge in [-0.25, -0.2) is 0 Å². The molecule has 3 heteroatoms. The van der Waals surface area contributed by atoms with Crippen molar-refractivity contribution in [3.8, 4) is 11.1 Å². The molecule has 0 radical (unpaired) electrons. The van der Waals surface area contributed by atoms with Gasteiger partial charge in [-0.05, 0) is 34.9 Å². The van der Waals surface area contributed by atoms with Gasteiger partial charge in [0, 0.05) is 13.1 Å². The minimum atomic E-state index is -0.0825. The fourth-order valence-electron chi connectivity index (χ4n) is 4.01. The molecule has 3 nitrogen and oxygen atoms in total. The van der Waals surface area contributed by atoms with Crippen molar-refractivity contribution in [1.29, 1.82) is 0 Å². The van der Waals surface area contributed by atoms with Crippen LogP contribution in [-0.4, -0.2) is 19.6 Å². The molecule has 1 fully saturated rings. The van der Waals surface area contributed by atoms with Gasteiger partial charge >= 0.3 is 5.97 Å². The van der Waals surface area contributed by atoms with Crippen molar-refractivity contribution in [3.05, 3.63) is 60.2 Å². The Hall–Kier alpha value is -2.13. The van der Waals surface area contributed by atoms with Gasteiger partial charge in [0.1, 0.15) is 0 Å². The zero-order chi connectivity index (χ0) is 18.2. The van der Waals surface area contributed by atoms with Crippen molar-refractivity contribution >= 4 is 5.97 Å². The monoisotopic (exact) mass is 351 g/mol. The molecular weight excluding hydrogens is 322 g/mol. The number of nitrogens with one attached hydrogen (secondary N) is 1. The Bertz CT molecular complexity index is 688. The molecule has 1 aliphatic rings. The van der Waals surface area contributed by atoms with Crippen LogP contribution in [0.4, 0.5) is 0 Å². The van der Waals surface area contributed by atoms with Crippen LogP contribution in [0, 0.1) is 5.41 Å². The Balaban J connectivity index is 1.56. The van der Waals surface area contributed by atoms with E-state index in [9.17, 15) is 4.79 Å². The molecule has 0 atom stereocenters. The summed E-state index contributed by atoms with van der Waals surface area (Å²) in [5.41, 5.74) is 3.82. The van der Waals surface area contributed by atoms with Crippen molar-refractivity contribution in [1.82, 2.24) is 5.32 Å². The minimum absolute atomic E-state index is 0.0648. The number of carbonyl (C=O) groups excluding carboxylic acids is 1. The average Bonchev–Trinajstić information content (AvgIpc) is 2.70. The standard InChI is InChI=1S/C23H29NO2/c1-26-22(25)16-23(14-6-3-7-15-23)18-24-17-19-10-12-21(13-11-19)20-8-4-2-5-9-20/h2,4-5,8-13,24H,3,6-7,14-18H2,1H3. The maximum Gasteiger partial charge on any atom is 0.306 e. The molecule has 138 valence electrons. The molecule has 1 N–H and O–H groups in total. The number of benzene rings is 2. The Morgan fingerprint density at radius 3 is 2.27 bits per heavy atom. The van der Waals surface area contributed by atoms with Gasteiger partial charge in [-0.15, -0.1) is 0 Å². The molecule has 0 spiro atoms. The maximum absolute atomic E-state index is 11.8. The first-order chi connectivity index (χ1) is 12.7. The van der Waals surface area contributed by atoms with Crippen LogP contribution >= 0.6 is 0 Å². The van der Waals surface area contributed by atoms with Gasteiger partial charge in [-0.3, -0.25) is 4.79 Å². The van der Waals surface area contributed by atoms with Crippen LogP contribution in [0.3, 0.4) is 0 Å². The molecule has 0 unspecified atom stereocenters. The van der Waals surface area contributed by atoms with Crippen molar-refractivity contribution < 1.29 is 9.53 Å². The zero-order valence-corrected chi connectivity index (χ0v) is 15.7. The summed E-state index contributed by atoms with van der Waals surface area (Å²) >= 11 is 0. The quantitative estimate of drug-likeness (QED) is 0.717. The Kier molecular flexibility index (Phi) is 6.45. The third-order valence-corrected chi connectivity index (χ3v) is 5.55. The van der Waals surface area contributed by atoms with Crippen LogP contribution in [-0.2, 0) is 16.1 Å². The van der Waals surface area contributed by atoms with Crippen LogP contribution < -0.4 is 5.32 Å². The lowest BCUT2D eigenvalue weighted by Gasteiger charge is -2.36. The molecule has 2 aromatic rings. The Morgan fingerprint density at radius 1 is 0.962 bits per heavy atom. The van der Waals surface area contributed by atoms with Gasteiger partial charge in [0.2, 0.25) is 0 Å². The number of esters is 1. The number of rotatable bonds is 7. The van der Waals surface area contributed by atoms with E-state index in [-0.39, 0.29) is 11.4 Å². The highest BCUT2D eigenvalue weighted by molar-refractivity contribution is 5.70. The largest absolute Gasteiger partial charge is 0.469 e. The highest BCUT2D eigenvalue weighted by Gasteiger charge is 2.34. The van der Waals surface area contributed by atoms with Crippen molar-refractivity contribution in [2.24, 2.45) is 5.41 Å². The third kappa shape index (κ3) is 4.95. The highest BCUT2D eigenvalue weighted by Crippen LogP contribution is 2.39. The minimum Gasteiger partial charge on any atom is -0.469 e. The van der Waals surface area contributed by atoms with Crippen molar-refractivity contribution in [2.75, 3.05) is 13.7 Å². The van der Waals surface area contributed by atoms with E-state index in [0.29, 0.717) is 6.42 Å². The fourth-order valence-corrected chi connectivity index (χ4v) is 4.01. The number of carbonyl (C=O) groups is 1. The van der Waals surface area contributed by atoms with Gasteiger partial charge < -0.3 is 10.1 Å². The first-order valence-corrected chi connectivity index (χ1v) is 9.63. The van der Waals surface area contributed by atoms with Gasteiger partial charge in [0.15, 0.2) is 0 Å². The lowest BCUT2D eigenvalue weighted by molar-refractivity contribution is -0.144. The Morgan fingerprint density at radius 2 is 1.62 bits per heavy atom. The van der Waals surface area contributed by atoms with E-state index >= 15 is 0 Å². The summed E-state index contributed by atoms with van der Waals surface area (Å²) in [5.74, 6) is -0.0825. The summed E-state index contributed by atoms with van der Waals surface area (Å²) in [6.07, 6.45) is 6.46. The SMILES string of the molecule is COC(=O)CC1(CNCc2ccc(-c3ccccc3)cc2)CCCCC1. The van der Waals surface area contributed by atoms with Crippen molar-refractivity contribution in [2.45, 2.75) is 45.1 Å². The second-order valence-corrected chi connectivity index (χ2v) is 7.48. The summed E-state index contributed by atoms with van der Waals surface area (Å²) in [7, 11) is 1.49. The molecule has 2 aromatic carbocycles. The van der Waals surface area contributed by atoms with E-state index < -0.39 is 0 Å². The van der Waals surface area contributed by atoms with E-state index in [2.05, 4.69) is 53.8 Å². The highest BCUT2D eigenvalue weighted by atomic mass is 16.5. The van der Waals surface area contributed by atoms with Crippen LogP contribution in [0.2, 0.25) is 0 Å². The van der Waals surface area contributed by atoms with E-state index in [1.807, 2.05) is 6.07 Å². The van der Waals surface area contributed by atoms with Gasteiger partial charge in [-0.1, -0.05) is 73.9 Å². The summed E-state index contributed by atoms with van der Waals surface area (Å²) in [6, 6.07) is 19.2. The van der Waals surface area contributed by atoms with Crippen molar-refractivity contribution in [3.63, 3.8) is 0 Å². The van der Waals surface area contributed by atoms with Gasteiger partial charge in [0.05, 0.1) is 13.5 Å². The topological polar surface area (TPSA) is 38.3 Å². The first kappa shape index (κ1) is 18.7. The third-order valence-electron chi connectivity index (χ3n) is 5.55. The molecule has 0 amide bonds. The van der Waals surface area contributed by atoms with E-state index in [0.717, 1.165) is 25.9 Å². The summed E-state index contributed by atoms with van der Waals surface area (Å²) in [4.78, 5) is 11.8. The van der Waals surface area contributed by atoms with Crippen LogP contribution in [0.15, 0.2) is 54.6 Å². The van der Waals surface area contributed by atoms with Crippen LogP contribution in [0.25, 0.3) is 11.1 Å². The first-order valence-electron chi connectivity index (χ1n) is 9.63. The second-order valence-electron chi connectivity index (χ2n) is 7.48. The lowest BCUT2D eigenvalue weighted by Crippen LogP contribution is -2.38. The number of hydrogen-bond donors (Lipinski definition) is 1. The molecule has 0 saturated heterocycles. The second kappa shape index (κ2) is 9.00. The van der Waals surface area contributed by atoms with E-state index in [1.165, 1.54) is 43.1 Å². The number of ether oxygens (including phenoxy) is 1. The van der Waals surface area contributed by atoms with E-state index in [4.69, 9.17) is 4.74 Å². The molecular formula is C23H29NO2. The van der Waals surface area contributed by atoms with E-state index in [1.54, 1.807) is 0 Å². The number of methoxy groups -OCH3 is 1. The zero-order valence-electron chi connectivity index (χ0n) is 15.7. The normalized spacial score (nSPS) is 16.2. The fraction of sp³-hybridized carbons (Fsp3) is 0.435. The molecule has 1 aliphatic carbocycles. The summed E-state index contributed by atoms with van der Waals surface area (Å²) in [6.45, 7) is 1.71. The maximum atomic E-state index is 11.8. The molecule has 26 heavy (non-hydrogen) atoms. The molecule has 3 rings (SSSR count). The molecule has 0 aromatic heterocycles. The smallest absolute Gasteiger partial charge is 0.306 e. The molecule has 0 bridgehead atoms. The Labute approximate surface area is 156 Å². The van der Waals surface area contributed by atoms with Gasteiger partial charge in [0.25, 0.3) is 0 Å². The molecule has 0 heterocycles. The average molecular weight is 351 g/mol. The van der Waals surface area contributed by atoms with Gasteiger partial charge in [-0.2, -0.15) is 0 Å². The van der Waals surface area contributed by atoms with Crippen LogP contribution in [0.1, 0.15) is 44.1 Å². The molecule has 0 aliphatic heterocycles. The predicted molar refractivity (Wildman–Crippen MR) is 106 cm³/mol. The lowest BCUT2D eigenvalue weighted by atomic mass is 9.71.